The van der Waals surface area contributed by atoms with E-state index in [0.717, 1.165) is 11.3 Å². The minimum absolute atomic E-state index is 0.0250. The predicted octanol–water partition coefficient (Wildman–Crippen LogP) is 2.39. The largest absolute Gasteiger partial charge is 0.496 e. The topological polar surface area (TPSA) is 82.1 Å². The molecule has 1 aliphatic heterocycles. The molecule has 0 unspecified atom stereocenters. The van der Waals surface area contributed by atoms with Crippen LogP contribution in [0.25, 0.3) is 0 Å². The third-order valence-electron chi connectivity index (χ3n) is 4.70. The Balaban J connectivity index is 1.57. The number of carbonyl (C=O) groups is 1. The minimum Gasteiger partial charge on any atom is -0.496 e. The average Bonchev–Trinajstić information content (AvgIpc) is 2.77. The van der Waals surface area contributed by atoms with Gasteiger partial charge in [0.2, 0.25) is 10.0 Å². The van der Waals surface area contributed by atoms with Gasteiger partial charge in [0.25, 0.3) is 0 Å². The number of carbonyl (C=O) groups excluding carboxylic acids is 1. The molecule has 0 atom stereocenters. The summed E-state index contributed by atoms with van der Waals surface area (Å²) in [5, 5.41) is 0. The third kappa shape index (κ3) is 5.56. The van der Waals surface area contributed by atoms with Crippen molar-refractivity contribution in [1.29, 1.82) is 0 Å². The number of sulfonamides is 1. The molecule has 1 saturated heterocycles. The molecule has 0 radical (unpaired) electrons. The highest BCUT2D eigenvalue weighted by atomic mass is 32.2. The Kier molecular flexibility index (Phi) is 7.24. The molecule has 156 valence electrons. The highest BCUT2D eigenvalue weighted by Gasteiger charge is 2.26. The lowest BCUT2D eigenvalue weighted by Gasteiger charge is -2.26. The Morgan fingerprint density at radius 3 is 2.62 bits per heavy atom. The Labute approximate surface area is 171 Å². The number of esters is 1. The van der Waals surface area contributed by atoms with Crippen molar-refractivity contribution in [3.63, 3.8) is 0 Å². The molecule has 0 N–H and O–H groups in total. The second kappa shape index (κ2) is 9.87. The number of ether oxygens (including phenoxy) is 3. The normalized spacial score (nSPS) is 15.1. The van der Waals surface area contributed by atoms with Crippen LogP contribution in [0.15, 0.2) is 53.4 Å². The van der Waals surface area contributed by atoms with Gasteiger partial charge in [0, 0.05) is 19.5 Å². The van der Waals surface area contributed by atoms with Crippen molar-refractivity contribution in [1.82, 2.24) is 4.31 Å². The molecule has 8 heteroatoms. The van der Waals surface area contributed by atoms with Gasteiger partial charge in [-0.1, -0.05) is 30.3 Å². The minimum atomic E-state index is -3.58. The van der Waals surface area contributed by atoms with E-state index in [2.05, 4.69) is 0 Å². The lowest BCUT2D eigenvalue weighted by Crippen LogP contribution is -2.40. The summed E-state index contributed by atoms with van der Waals surface area (Å²) in [6.07, 6.45) is 0.723. The van der Waals surface area contributed by atoms with E-state index in [4.69, 9.17) is 14.2 Å². The van der Waals surface area contributed by atoms with Crippen molar-refractivity contribution in [2.75, 3.05) is 33.4 Å². The van der Waals surface area contributed by atoms with Crippen molar-refractivity contribution in [2.24, 2.45) is 0 Å². The van der Waals surface area contributed by atoms with Gasteiger partial charge in [-0.2, -0.15) is 4.31 Å². The van der Waals surface area contributed by atoms with Crippen LogP contribution in [-0.2, 0) is 37.3 Å². The summed E-state index contributed by atoms with van der Waals surface area (Å²) in [6.45, 7) is 1.48. The summed E-state index contributed by atoms with van der Waals surface area (Å²) in [4.78, 5) is 12.3. The number of nitrogens with zero attached hydrogens (tertiary/aromatic N) is 1. The van der Waals surface area contributed by atoms with E-state index in [-0.39, 0.29) is 23.9 Å². The zero-order valence-corrected chi connectivity index (χ0v) is 17.2. The van der Waals surface area contributed by atoms with E-state index in [1.54, 1.807) is 31.4 Å². The summed E-state index contributed by atoms with van der Waals surface area (Å²) in [6, 6.07) is 14.0. The molecule has 0 saturated carbocycles. The molecule has 0 aromatic heterocycles. The molecule has 1 aliphatic rings. The van der Waals surface area contributed by atoms with Crippen LogP contribution in [0, 0.1) is 0 Å². The summed E-state index contributed by atoms with van der Waals surface area (Å²) < 4.78 is 42.7. The van der Waals surface area contributed by atoms with Crippen LogP contribution >= 0.6 is 0 Å². The maximum Gasteiger partial charge on any atom is 0.306 e. The Bertz CT molecular complexity index is 938. The molecule has 0 aliphatic carbocycles. The highest BCUT2D eigenvalue weighted by Crippen LogP contribution is 2.20. The van der Waals surface area contributed by atoms with E-state index < -0.39 is 10.0 Å². The average molecular weight is 419 g/mol. The zero-order chi connectivity index (χ0) is 20.7. The highest BCUT2D eigenvalue weighted by molar-refractivity contribution is 7.89. The fourth-order valence-electron chi connectivity index (χ4n) is 3.11. The number of hydrogen-bond acceptors (Lipinski definition) is 6. The number of aryl methyl sites for hydroxylation is 1. The molecule has 2 aromatic rings. The Morgan fingerprint density at radius 1 is 1.10 bits per heavy atom. The summed E-state index contributed by atoms with van der Waals surface area (Å²) in [5.41, 5.74) is 1.57. The first-order valence-corrected chi connectivity index (χ1v) is 10.9. The first-order chi connectivity index (χ1) is 14.0. The summed E-state index contributed by atoms with van der Waals surface area (Å²) in [7, 11) is -1.99. The molecule has 2 aromatic carbocycles. The van der Waals surface area contributed by atoms with E-state index in [1.807, 2.05) is 24.3 Å². The third-order valence-corrected chi connectivity index (χ3v) is 6.59. The molecule has 0 amide bonds. The molecule has 0 bridgehead atoms. The predicted molar refractivity (Wildman–Crippen MR) is 107 cm³/mol. The first-order valence-electron chi connectivity index (χ1n) is 9.45. The van der Waals surface area contributed by atoms with E-state index in [0.29, 0.717) is 38.3 Å². The second-order valence-corrected chi connectivity index (χ2v) is 8.57. The molecular weight excluding hydrogens is 394 g/mol. The molecule has 1 fully saturated rings. The SMILES string of the molecule is COc1ccccc1CCC(=O)OCc1cccc(S(=O)(=O)N2CCOCC2)c1. The summed E-state index contributed by atoms with van der Waals surface area (Å²) >= 11 is 0. The van der Waals surface area contributed by atoms with Crippen LogP contribution in [0.2, 0.25) is 0 Å². The van der Waals surface area contributed by atoms with E-state index in [9.17, 15) is 13.2 Å². The number of hydrogen-bond donors (Lipinski definition) is 0. The van der Waals surface area contributed by atoms with Gasteiger partial charge < -0.3 is 14.2 Å². The second-order valence-electron chi connectivity index (χ2n) is 6.64. The van der Waals surface area contributed by atoms with Crippen molar-refractivity contribution in [2.45, 2.75) is 24.3 Å². The molecule has 0 spiro atoms. The van der Waals surface area contributed by atoms with Crippen molar-refractivity contribution in [3.05, 3.63) is 59.7 Å². The number of rotatable bonds is 8. The summed E-state index contributed by atoms with van der Waals surface area (Å²) in [5.74, 6) is 0.388. The van der Waals surface area contributed by atoms with Crippen LogP contribution in [0.1, 0.15) is 17.5 Å². The van der Waals surface area contributed by atoms with Gasteiger partial charge in [-0.3, -0.25) is 4.79 Å². The standard InChI is InChI=1S/C21H25NO6S/c1-26-20-8-3-2-6-18(20)9-10-21(23)28-16-17-5-4-7-19(15-17)29(24,25)22-11-13-27-14-12-22/h2-8,15H,9-14,16H2,1H3. The number of methoxy groups -OCH3 is 1. The van der Waals surface area contributed by atoms with E-state index in [1.165, 1.54) is 4.31 Å². The van der Waals surface area contributed by atoms with Crippen LogP contribution in [0.3, 0.4) is 0 Å². The quantitative estimate of drug-likeness (QED) is 0.611. The van der Waals surface area contributed by atoms with Crippen molar-refractivity contribution >= 4 is 16.0 Å². The maximum atomic E-state index is 12.7. The van der Waals surface area contributed by atoms with Gasteiger partial charge in [-0.05, 0) is 35.7 Å². The molecule has 1 heterocycles. The smallest absolute Gasteiger partial charge is 0.306 e. The van der Waals surface area contributed by atoms with Crippen LogP contribution in [0.5, 0.6) is 5.75 Å². The Hall–Kier alpha value is -2.42. The lowest BCUT2D eigenvalue weighted by molar-refractivity contribution is -0.144. The van der Waals surface area contributed by atoms with E-state index >= 15 is 0 Å². The fraction of sp³-hybridized carbons (Fsp3) is 0.381. The molecule has 7 nitrogen and oxygen atoms in total. The number of benzene rings is 2. The van der Waals surface area contributed by atoms with Crippen LogP contribution in [-0.4, -0.2) is 52.1 Å². The monoisotopic (exact) mass is 419 g/mol. The number of para-hydroxylation sites is 1. The molecular formula is C21H25NO6S. The molecule has 29 heavy (non-hydrogen) atoms. The lowest BCUT2D eigenvalue weighted by atomic mass is 10.1. The Morgan fingerprint density at radius 2 is 1.86 bits per heavy atom. The maximum absolute atomic E-state index is 12.7. The van der Waals surface area contributed by atoms with Crippen LogP contribution < -0.4 is 4.74 Å². The van der Waals surface area contributed by atoms with Crippen molar-refractivity contribution in [3.8, 4) is 5.75 Å². The van der Waals surface area contributed by atoms with Gasteiger partial charge in [0.05, 0.1) is 25.2 Å². The van der Waals surface area contributed by atoms with Gasteiger partial charge >= 0.3 is 5.97 Å². The zero-order valence-electron chi connectivity index (χ0n) is 16.4. The van der Waals surface area contributed by atoms with Crippen LogP contribution in [0.4, 0.5) is 0 Å². The molecule has 3 rings (SSSR count). The van der Waals surface area contributed by atoms with Gasteiger partial charge in [0.15, 0.2) is 0 Å². The van der Waals surface area contributed by atoms with Gasteiger partial charge in [-0.15, -0.1) is 0 Å². The first kappa shape index (κ1) is 21.3. The van der Waals surface area contributed by atoms with Crippen molar-refractivity contribution < 1.29 is 27.4 Å². The van der Waals surface area contributed by atoms with Gasteiger partial charge in [0.1, 0.15) is 12.4 Å². The number of morpholine rings is 1. The van der Waals surface area contributed by atoms with Gasteiger partial charge in [-0.25, -0.2) is 8.42 Å². The fourth-order valence-corrected chi connectivity index (χ4v) is 4.59.